The number of carbonyl (C=O) groups is 2. The number of halogens is 1. The van der Waals surface area contributed by atoms with Crippen molar-refractivity contribution in [1.82, 2.24) is 19.7 Å². The van der Waals surface area contributed by atoms with Crippen LogP contribution in [0.2, 0.25) is 5.02 Å². The molecule has 178 valence electrons. The maximum Gasteiger partial charge on any atom is 0.254 e. The highest BCUT2D eigenvalue weighted by Gasteiger charge is 2.34. The molecule has 1 N–H and O–H groups in total. The van der Waals surface area contributed by atoms with E-state index in [9.17, 15) is 9.59 Å². The fraction of sp³-hybridized carbons (Fsp3) is 0.360. The molecular weight excluding hydrogens is 470 g/mol. The van der Waals surface area contributed by atoms with E-state index in [1.807, 2.05) is 42.4 Å². The highest BCUT2D eigenvalue weighted by atomic mass is 35.5. The smallest absolute Gasteiger partial charge is 0.254 e. The zero-order chi connectivity index (χ0) is 24.2. The van der Waals surface area contributed by atoms with Gasteiger partial charge in [-0.3, -0.25) is 9.59 Å². The summed E-state index contributed by atoms with van der Waals surface area (Å²) in [6.07, 6.45) is 1.73. The second-order valence-corrected chi connectivity index (χ2v) is 9.84. The summed E-state index contributed by atoms with van der Waals surface area (Å²) < 4.78 is 2.01. The van der Waals surface area contributed by atoms with Crippen molar-refractivity contribution in [3.05, 3.63) is 70.0 Å². The van der Waals surface area contributed by atoms with Crippen LogP contribution in [0, 0.1) is 13.8 Å². The third kappa shape index (κ3) is 5.45. The molecule has 0 aliphatic carbocycles. The number of carbonyl (C=O) groups excluding carboxylic acids is 2. The predicted octanol–water partition coefficient (Wildman–Crippen LogP) is 5.28. The van der Waals surface area contributed by atoms with Crippen LogP contribution in [0.4, 0.5) is 5.69 Å². The van der Waals surface area contributed by atoms with E-state index in [0.29, 0.717) is 28.8 Å². The van der Waals surface area contributed by atoms with Crippen LogP contribution in [-0.2, 0) is 11.3 Å². The highest BCUT2D eigenvalue weighted by Crippen LogP contribution is 2.34. The fourth-order valence-electron chi connectivity index (χ4n) is 4.36. The summed E-state index contributed by atoms with van der Waals surface area (Å²) >= 11 is 7.33. The number of benzene rings is 2. The van der Waals surface area contributed by atoms with Gasteiger partial charge in [0.25, 0.3) is 5.91 Å². The number of likely N-dealkylation sites (tertiary alicyclic amines) is 1. The first-order valence-corrected chi connectivity index (χ1v) is 12.7. The second kappa shape index (κ2) is 10.6. The van der Waals surface area contributed by atoms with Crippen molar-refractivity contribution in [1.29, 1.82) is 0 Å². The molecular formula is C25H28ClN5O2S. The van der Waals surface area contributed by atoms with Crippen LogP contribution in [0.3, 0.4) is 0 Å². The van der Waals surface area contributed by atoms with Crippen molar-refractivity contribution in [2.75, 3.05) is 17.6 Å². The summed E-state index contributed by atoms with van der Waals surface area (Å²) in [5, 5.41) is 13.0. The average molecular weight is 498 g/mol. The van der Waals surface area contributed by atoms with Gasteiger partial charge in [-0.15, -0.1) is 10.2 Å². The van der Waals surface area contributed by atoms with Gasteiger partial charge in [0.1, 0.15) is 0 Å². The minimum absolute atomic E-state index is 0.0353. The van der Waals surface area contributed by atoms with Crippen molar-refractivity contribution >= 4 is 40.9 Å². The van der Waals surface area contributed by atoms with E-state index >= 15 is 0 Å². The van der Waals surface area contributed by atoms with E-state index in [1.54, 1.807) is 24.3 Å². The summed E-state index contributed by atoms with van der Waals surface area (Å²) in [6, 6.07) is 12.8. The van der Waals surface area contributed by atoms with Crippen LogP contribution < -0.4 is 5.32 Å². The number of aryl methyl sites for hydroxylation is 2. The molecule has 3 aromatic rings. The van der Waals surface area contributed by atoms with E-state index in [2.05, 4.69) is 21.6 Å². The molecule has 0 saturated carbocycles. The largest absolute Gasteiger partial charge is 0.328 e. The molecule has 0 spiro atoms. The van der Waals surface area contributed by atoms with Gasteiger partial charge >= 0.3 is 0 Å². The molecule has 0 radical (unpaired) electrons. The van der Waals surface area contributed by atoms with Gasteiger partial charge in [-0.1, -0.05) is 29.4 Å². The first-order chi connectivity index (χ1) is 16.4. The molecule has 1 aliphatic heterocycles. The zero-order valence-electron chi connectivity index (χ0n) is 19.5. The Morgan fingerprint density at radius 1 is 1.12 bits per heavy atom. The Labute approximate surface area is 208 Å². The standard InChI is InChI=1S/C25H28ClN5O2S/c1-4-30-23(21-6-5-11-31(21)24(33)18-7-9-19(26)10-8-18)28-29-25(30)34-15-22(32)27-20-13-16(2)12-17(3)14-20/h7-10,12-14,21H,4-6,11,15H2,1-3H3,(H,27,32). The fourth-order valence-corrected chi connectivity index (χ4v) is 5.30. The molecule has 1 unspecified atom stereocenters. The Kier molecular flexibility index (Phi) is 7.58. The minimum atomic E-state index is -0.144. The molecule has 2 aromatic carbocycles. The lowest BCUT2D eigenvalue weighted by Gasteiger charge is -2.24. The van der Waals surface area contributed by atoms with Crippen molar-refractivity contribution in [2.24, 2.45) is 0 Å². The normalized spacial score (nSPS) is 15.5. The van der Waals surface area contributed by atoms with Gasteiger partial charge in [0, 0.05) is 29.4 Å². The number of anilines is 1. The molecule has 7 nitrogen and oxygen atoms in total. The lowest BCUT2D eigenvalue weighted by molar-refractivity contribution is -0.113. The van der Waals surface area contributed by atoms with Crippen molar-refractivity contribution in [3.63, 3.8) is 0 Å². The SMILES string of the molecule is CCn1c(SCC(=O)Nc2cc(C)cc(C)c2)nnc1C1CCCN1C(=O)c1ccc(Cl)cc1. The topological polar surface area (TPSA) is 80.1 Å². The third-order valence-electron chi connectivity index (χ3n) is 5.80. The summed E-state index contributed by atoms with van der Waals surface area (Å²) in [6.45, 7) is 7.36. The molecule has 1 atom stereocenters. The van der Waals surface area contributed by atoms with Crippen LogP contribution in [0.1, 0.15) is 53.1 Å². The summed E-state index contributed by atoms with van der Waals surface area (Å²) in [5.74, 6) is 0.859. The molecule has 0 bridgehead atoms. The molecule has 34 heavy (non-hydrogen) atoms. The van der Waals surface area contributed by atoms with Crippen molar-refractivity contribution < 1.29 is 9.59 Å². The number of nitrogens with one attached hydrogen (secondary N) is 1. The summed E-state index contributed by atoms with van der Waals surface area (Å²) in [4.78, 5) is 27.6. The van der Waals surface area contributed by atoms with Crippen LogP contribution >= 0.6 is 23.4 Å². The Balaban J connectivity index is 1.45. The van der Waals surface area contributed by atoms with Crippen LogP contribution in [-0.4, -0.2) is 43.8 Å². The first-order valence-electron chi connectivity index (χ1n) is 11.4. The van der Waals surface area contributed by atoms with Crippen molar-refractivity contribution in [3.8, 4) is 0 Å². The Bertz CT molecular complexity index is 1170. The molecule has 2 heterocycles. The molecule has 4 rings (SSSR count). The van der Waals surface area contributed by atoms with Gasteiger partial charge in [0.05, 0.1) is 11.8 Å². The lowest BCUT2D eigenvalue weighted by Crippen LogP contribution is -2.32. The van der Waals surface area contributed by atoms with Gasteiger partial charge < -0.3 is 14.8 Å². The number of nitrogens with zero attached hydrogens (tertiary/aromatic N) is 4. The number of amides is 2. The van der Waals surface area contributed by atoms with Crippen LogP contribution in [0.5, 0.6) is 0 Å². The lowest BCUT2D eigenvalue weighted by atomic mass is 10.1. The average Bonchev–Trinajstić information content (AvgIpc) is 3.43. The maximum atomic E-state index is 13.2. The van der Waals surface area contributed by atoms with E-state index < -0.39 is 0 Å². The summed E-state index contributed by atoms with van der Waals surface area (Å²) in [7, 11) is 0. The second-order valence-electron chi connectivity index (χ2n) is 8.46. The van der Waals surface area contributed by atoms with Gasteiger partial charge in [0.2, 0.25) is 5.91 Å². The number of hydrogen-bond acceptors (Lipinski definition) is 5. The van der Waals surface area contributed by atoms with E-state index in [4.69, 9.17) is 11.6 Å². The molecule has 1 aliphatic rings. The van der Waals surface area contributed by atoms with E-state index in [-0.39, 0.29) is 23.6 Å². The van der Waals surface area contributed by atoms with Gasteiger partial charge in [0.15, 0.2) is 11.0 Å². The number of thioether (sulfide) groups is 1. The maximum absolute atomic E-state index is 13.2. The minimum Gasteiger partial charge on any atom is -0.328 e. The monoisotopic (exact) mass is 497 g/mol. The quantitative estimate of drug-likeness (QED) is 0.449. The molecule has 1 fully saturated rings. The first kappa shape index (κ1) is 24.3. The summed E-state index contributed by atoms with van der Waals surface area (Å²) in [5.41, 5.74) is 3.61. The van der Waals surface area contributed by atoms with E-state index in [1.165, 1.54) is 11.8 Å². The molecule has 1 saturated heterocycles. The molecule has 1 aromatic heterocycles. The Hall–Kier alpha value is -2.84. The Morgan fingerprint density at radius 3 is 2.50 bits per heavy atom. The Morgan fingerprint density at radius 2 is 1.82 bits per heavy atom. The van der Waals surface area contributed by atoms with Crippen molar-refractivity contribution in [2.45, 2.75) is 51.4 Å². The van der Waals surface area contributed by atoms with Gasteiger partial charge in [-0.25, -0.2) is 0 Å². The molecule has 9 heteroatoms. The van der Waals surface area contributed by atoms with E-state index in [0.717, 1.165) is 35.5 Å². The molecule has 2 amide bonds. The van der Waals surface area contributed by atoms with Gasteiger partial charge in [-0.05, 0) is 81.1 Å². The predicted molar refractivity (Wildman–Crippen MR) is 135 cm³/mol. The number of rotatable bonds is 7. The van der Waals surface area contributed by atoms with Crippen LogP contribution in [0.15, 0.2) is 47.6 Å². The highest BCUT2D eigenvalue weighted by molar-refractivity contribution is 7.99. The number of hydrogen-bond donors (Lipinski definition) is 1. The zero-order valence-corrected chi connectivity index (χ0v) is 21.1. The third-order valence-corrected chi connectivity index (χ3v) is 7.02. The van der Waals surface area contributed by atoms with Crippen LogP contribution in [0.25, 0.3) is 0 Å². The van der Waals surface area contributed by atoms with Gasteiger partial charge in [-0.2, -0.15) is 0 Å². The number of aromatic nitrogens is 3.